The van der Waals surface area contributed by atoms with Crippen LogP contribution >= 0.6 is 0 Å². The largest absolute Gasteiger partial charge is 0.378 e. The van der Waals surface area contributed by atoms with Gasteiger partial charge in [-0.3, -0.25) is 5.10 Å². The zero-order valence-electron chi connectivity index (χ0n) is 17.1. The SMILES string of the molecule is CC(C)N1C(=O)Nc2c(-c3nc4cc(F)c(N5CCOCC5)cc4[nH]3)n[nH]c2C1C. The number of nitrogens with one attached hydrogen (secondary N) is 3. The van der Waals surface area contributed by atoms with Gasteiger partial charge < -0.3 is 24.8 Å². The van der Waals surface area contributed by atoms with E-state index in [4.69, 9.17) is 4.74 Å². The number of H-pyrrole nitrogens is 2. The van der Waals surface area contributed by atoms with E-state index in [2.05, 4.69) is 25.5 Å². The highest BCUT2D eigenvalue weighted by atomic mass is 19.1. The highest BCUT2D eigenvalue weighted by molar-refractivity contribution is 5.97. The van der Waals surface area contributed by atoms with Gasteiger partial charge in [0.1, 0.15) is 5.82 Å². The second-order valence-corrected chi connectivity index (χ2v) is 7.97. The number of aromatic nitrogens is 4. The van der Waals surface area contributed by atoms with Crippen molar-refractivity contribution in [3.8, 4) is 11.5 Å². The first kappa shape index (κ1) is 18.9. The summed E-state index contributed by atoms with van der Waals surface area (Å²) < 4.78 is 20.1. The molecule has 1 atom stereocenters. The lowest BCUT2D eigenvalue weighted by molar-refractivity contribution is 0.122. The molecule has 1 aromatic carbocycles. The third kappa shape index (κ3) is 2.90. The molecule has 1 saturated heterocycles. The monoisotopic (exact) mass is 413 g/mol. The summed E-state index contributed by atoms with van der Waals surface area (Å²) in [5.41, 5.74) is 3.69. The average molecular weight is 413 g/mol. The van der Waals surface area contributed by atoms with Crippen LogP contribution in [0.25, 0.3) is 22.6 Å². The van der Waals surface area contributed by atoms with E-state index in [0.717, 1.165) is 5.69 Å². The molecule has 0 aliphatic carbocycles. The number of hydrogen-bond acceptors (Lipinski definition) is 5. The van der Waals surface area contributed by atoms with Gasteiger partial charge in [0.15, 0.2) is 11.5 Å². The van der Waals surface area contributed by atoms with Crippen LogP contribution in [0, 0.1) is 5.82 Å². The van der Waals surface area contributed by atoms with Crippen LogP contribution in [0.15, 0.2) is 12.1 Å². The fourth-order valence-corrected chi connectivity index (χ4v) is 4.30. The van der Waals surface area contributed by atoms with Crippen LogP contribution in [0.4, 0.5) is 20.6 Å². The van der Waals surface area contributed by atoms with Crippen molar-refractivity contribution in [2.75, 3.05) is 36.5 Å². The van der Waals surface area contributed by atoms with E-state index in [-0.39, 0.29) is 23.9 Å². The molecule has 30 heavy (non-hydrogen) atoms. The molecule has 2 amide bonds. The van der Waals surface area contributed by atoms with Crippen LogP contribution in [0.5, 0.6) is 0 Å². The molecule has 0 saturated carbocycles. The van der Waals surface area contributed by atoms with Gasteiger partial charge in [0.05, 0.1) is 47.4 Å². The molecule has 3 N–H and O–H groups in total. The number of rotatable bonds is 3. The number of amides is 2. The smallest absolute Gasteiger partial charge is 0.322 e. The molecule has 0 radical (unpaired) electrons. The first-order valence-corrected chi connectivity index (χ1v) is 10.1. The van der Waals surface area contributed by atoms with Crippen LogP contribution in [0.1, 0.15) is 32.5 Å². The van der Waals surface area contributed by atoms with E-state index < -0.39 is 0 Å². The van der Waals surface area contributed by atoms with Gasteiger partial charge in [-0.15, -0.1) is 0 Å². The Labute approximate surface area is 172 Å². The number of imidazole rings is 1. The molecule has 10 heteroatoms. The van der Waals surface area contributed by atoms with Crippen LogP contribution in [0.3, 0.4) is 0 Å². The lowest BCUT2D eigenvalue weighted by Crippen LogP contribution is -2.45. The molecular weight excluding hydrogens is 389 g/mol. The molecule has 4 heterocycles. The van der Waals surface area contributed by atoms with Crippen molar-refractivity contribution in [3.05, 3.63) is 23.6 Å². The fourth-order valence-electron chi connectivity index (χ4n) is 4.30. The summed E-state index contributed by atoms with van der Waals surface area (Å²) in [6.45, 7) is 8.35. The summed E-state index contributed by atoms with van der Waals surface area (Å²) >= 11 is 0. The van der Waals surface area contributed by atoms with Crippen LogP contribution in [-0.2, 0) is 4.74 Å². The quantitative estimate of drug-likeness (QED) is 0.612. The second kappa shape index (κ2) is 6.98. The number of anilines is 2. The van der Waals surface area contributed by atoms with Gasteiger partial charge in [-0.25, -0.2) is 14.2 Å². The van der Waals surface area contributed by atoms with Crippen molar-refractivity contribution < 1.29 is 13.9 Å². The van der Waals surface area contributed by atoms with E-state index in [0.29, 0.717) is 60.2 Å². The Morgan fingerprint density at radius 1 is 1.27 bits per heavy atom. The van der Waals surface area contributed by atoms with Gasteiger partial charge in [-0.2, -0.15) is 5.10 Å². The van der Waals surface area contributed by atoms with Crippen LogP contribution in [-0.4, -0.2) is 63.4 Å². The van der Waals surface area contributed by atoms with Crippen molar-refractivity contribution >= 4 is 28.4 Å². The number of fused-ring (bicyclic) bond motifs is 2. The molecule has 0 spiro atoms. The summed E-state index contributed by atoms with van der Waals surface area (Å²) in [5, 5.41) is 10.4. The lowest BCUT2D eigenvalue weighted by atomic mass is 10.1. The Balaban J connectivity index is 1.54. The molecule has 2 aliphatic rings. The van der Waals surface area contributed by atoms with Gasteiger partial charge >= 0.3 is 6.03 Å². The average Bonchev–Trinajstić information content (AvgIpc) is 3.31. The third-order valence-corrected chi connectivity index (χ3v) is 5.78. The predicted octanol–water partition coefficient (Wildman–Crippen LogP) is 3.25. The molecule has 9 nitrogen and oxygen atoms in total. The number of carbonyl (C=O) groups excluding carboxylic acids is 1. The normalized spacial score (nSPS) is 19.5. The Bertz CT molecular complexity index is 1120. The molecule has 5 rings (SSSR count). The fraction of sp³-hybridized carbons (Fsp3) is 0.450. The number of benzene rings is 1. The summed E-state index contributed by atoms with van der Waals surface area (Å²) in [7, 11) is 0. The molecule has 2 aliphatic heterocycles. The second-order valence-electron chi connectivity index (χ2n) is 7.97. The lowest BCUT2D eigenvalue weighted by Gasteiger charge is -2.36. The number of aromatic amines is 2. The highest BCUT2D eigenvalue weighted by Crippen LogP contribution is 2.38. The maximum Gasteiger partial charge on any atom is 0.322 e. The number of nitrogens with zero attached hydrogens (tertiary/aromatic N) is 4. The van der Waals surface area contributed by atoms with Crippen molar-refractivity contribution in [2.45, 2.75) is 32.9 Å². The van der Waals surface area contributed by atoms with E-state index >= 15 is 0 Å². The first-order valence-electron chi connectivity index (χ1n) is 10.1. The van der Waals surface area contributed by atoms with Gasteiger partial charge in [0, 0.05) is 25.2 Å². The minimum Gasteiger partial charge on any atom is -0.378 e. The molecular formula is C20H24FN7O2. The van der Waals surface area contributed by atoms with Crippen molar-refractivity contribution in [3.63, 3.8) is 0 Å². The van der Waals surface area contributed by atoms with Crippen LogP contribution < -0.4 is 10.2 Å². The molecule has 0 bridgehead atoms. The van der Waals surface area contributed by atoms with Crippen molar-refractivity contribution in [1.82, 2.24) is 25.1 Å². The minimum atomic E-state index is -0.319. The first-order chi connectivity index (χ1) is 14.4. The third-order valence-electron chi connectivity index (χ3n) is 5.78. The number of ether oxygens (including phenoxy) is 1. The summed E-state index contributed by atoms with van der Waals surface area (Å²) in [6.07, 6.45) is 0. The summed E-state index contributed by atoms with van der Waals surface area (Å²) in [5.74, 6) is 0.160. The van der Waals surface area contributed by atoms with Gasteiger partial charge in [0.25, 0.3) is 0 Å². The number of carbonyl (C=O) groups is 1. The number of morpholine rings is 1. The zero-order chi connectivity index (χ0) is 21.0. The van der Waals surface area contributed by atoms with E-state index in [1.807, 2.05) is 25.7 Å². The van der Waals surface area contributed by atoms with Gasteiger partial charge in [-0.05, 0) is 26.8 Å². The maximum atomic E-state index is 14.7. The number of urea groups is 1. The molecule has 2 aromatic heterocycles. The Morgan fingerprint density at radius 3 is 2.77 bits per heavy atom. The van der Waals surface area contributed by atoms with E-state index in [9.17, 15) is 9.18 Å². The molecule has 1 fully saturated rings. The molecule has 1 unspecified atom stereocenters. The van der Waals surface area contributed by atoms with E-state index in [1.54, 1.807) is 11.0 Å². The van der Waals surface area contributed by atoms with Gasteiger partial charge in [0.2, 0.25) is 0 Å². The van der Waals surface area contributed by atoms with Crippen molar-refractivity contribution in [2.24, 2.45) is 0 Å². The standard InChI is InChI=1S/C20H24FN7O2/c1-10(2)28-11(3)16-17(24-20(28)29)18(26-25-16)19-22-13-8-12(21)15(9-14(13)23-19)27-4-6-30-7-5-27/h8-11H,4-7H2,1-3H3,(H,22,23)(H,24,29)(H,25,26). The molecule has 158 valence electrons. The van der Waals surface area contributed by atoms with E-state index in [1.165, 1.54) is 6.07 Å². The Kier molecular flexibility index (Phi) is 4.39. The summed E-state index contributed by atoms with van der Waals surface area (Å²) in [6, 6.07) is 2.93. The van der Waals surface area contributed by atoms with Crippen LogP contribution in [0.2, 0.25) is 0 Å². The predicted molar refractivity (Wildman–Crippen MR) is 111 cm³/mol. The minimum absolute atomic E-state index is 0.0488. The Hall–Kier alpha value is -3.14. The van der Waals surface area contributed by atoms with Gasteiger partial charge in [-0.1, -0.05) is 0 Å². The maximum absolute atomic E-state index is 14.7. The zero-order valence-corrected chi connectivity index (χ0v) is 17.1. The molecule has 3 aromatic rings. The highest BCUT2D eigenvalue weighted by Gasteiger charge is 2.35. The number of halogens is 1. The summed E-state index contributed by atoms with van der Waals surface area (Å²) in [4.78, 5) is 24.1. The topological polar surface area (TPSA) is 102 Å². The Morgan fingerprint density at radius 2 is 2.03 bits per heavy atom. The number of hydrogen-bond donors (Lipinski definition) is 3. The van der Waals surface area contributed by atoms with Crippen molar-refractivity contribution in [1.29, 1.82) is 0 Å².